The van der Waals surface area contributed by atoms with Gasteiger partial charge in [-0.05, 0) is 37.3 Å². The van der Waals surface area contributed by atoms with E-state index in [0.29, 0.717) is 12.3 Å². The molecule has 1 aromatic rings. The molecule has 0 aromatic heterocycles. The molecule has 0 bridgehead atoms. The number of aryl methyl sites for hydroxylation is 1. The van der Waals surface area contributed by atoms with Gasteiger partial charge in [-0.2, -0.15) is 0 Å². The van der Waals surface area contributed by atoms with Crippen LogP contribution in [0.1, 0.15) is 24.0 Å². The summed E-state index contributed by atoms with van der Waals surface area (Å²) in [4.78, 5) is 0. The highest BCUT2D eigenvalue weighted by molar-refractivity contribution is 5.37. The van der Waals surface area contributed by atoms with Crippen molar-refractivity contribution >= 4 is 0 Å². The van der Waals surface area contributed by atoms with Crippen molar-refractivity contribution in [2.75, 3.05) is 14.2 Å². The molecule has 2 unspecified atom stereocenters. The Morgan fingerprint density at radius 2 is 2.06 bits per heavy atom. The van der Waals surface area contributed by atoms with Crippen molar-refractivity contribution < 1.29 is 14.6 Å². The first kappa shape index (κ1) is 13.4. The molecular formula is C15H22O3. The maximum absolute atomic E-state index is 10.3. The van der Waals surface area contributed by atoms with E-state index < -0.39 is 6.10 Å². The van der Waals surface area contributed by atoms with Gasteiger partial charge in [-0.15, -0.1) is 0 Å². The van der Waals surface area contributed by atoms with E-state index in [2.05, 4.69) is 6.07 Å². The fourth-order valence-electron chi connectivity index (χ4n) is 2.50. The van der Waals surface area contributed by atoms with E-state index in [9.17, 15) is 5.11 Å². The third-order valence-corrected chi connectivity index (χ3v) is 3.60. The normalized spacial score (nSPS) is 18.4. The van der Waals surface area contributed by atoms with Gasteiger partial charge in [0.1, 0.15) is 5.75 Å². The number of methoxy groups -OCH3 is 2. The average Bonchev–Trinajstić information content (AvgIpc) is 3.15. The second-order valence-electron chi connectivity index (χ2n) is 5.12. The summed E-state index contributed by atoms with van der Waals surface area (Å²) in [6.07, 6.45) is 2.41. The lowest BCUT2D eigenvalue weighted by Gasteiger charge is -2.22. The molecule has 2 rings (SSSR count). The van der Waals surface area contributed by atoms with E-state index in [1.54, 1.807) is 14.2 Å². The molecule has 1 aromatic carbocycles. The third kappa shape index (κ3) is 3.03. The Labute approximate surface area is 109 Å². The van der Waals surface area contributed by atoms with E-state index in [4.69, 9.17) is 9.47 Å². The minimum atomic E-state index is -0.460. The number of hydrogen-bond acceptors (Lipinski definition) is 3. The van der Waals surface area contributed by atoms with Gasteiger partial charge in [0.2, 0.25) is 0 Å². The van der Waals surface area contributed by atoms with Crippen molar-refractivity contribution in [1.82, 2.24) is 0 Å². The van der Waals surface area contributed by atoms with E-state index in [-0.39, 0.29) is 6.10 Å². The van der Waals surface area contributed by atoms with Crippen LogP contribution in [0.5, 0.6) is 5.75 Å². The van der Waals surface area contributed by atoms with Gasteiger partial charge in [-0.1, -0.05) is 17.7 Å². The fourth-order valence-corrected chi connectivity index (χ4v) is 2.50. The minimum absolute atomic E-state index is 0.0461. The number of ether oxygens (including phenoxy) is 2. The van der Waals surface area contributed by atoms with Crippen molar-refractivity contribution in [3.8, 4) is 5.75 Å². The van der Waals surface area contributed by atoms with Crippen LogP contribution in [0.15, 0.2) is 18.2 Å². The minimum Gasteiger partial charge on any atom is -0.496 e. The fraction of sp³-hybridized carbons (Fsp3) is 0.600. The monoisotopic (exact) mass is 250 g/mol. The highest BCUT2D eigenvalue weighted by Gasteiger charge is 2.36. The molecule has 3 heteroatoms. The van der Waals surface area contributed by atoms with Crippen LogP contribution in [0.25, 0.3) is 0 Å². The van der Waals surface area contributed by atoms with Crippen LogP contribution < -0.4 is 4.74 Å². The van der Waals surface area contributed by atoms with E-state index >= 15 is 0 Å². The van der Waals surface area contributed by atoms with Gasteiger partial charge in [-0.3, -0.25) is 0 Å². The van der Waals surface area contributed by atoms with Crippen LogP contribution in [0.3, 0.4) is 0 Å². The van der Waals surface area contributed by atoms with Crippen molar-refractivity contribution in [3.05, 3.63) is 29.3 Å². The predicted octanol–water partition coefficient (Wildman–Crippen LogP) is 2.33. The number of aliphatic hydroxyl groups is 1. The molecule has 1 fully saturated rings. The van der Waals surface area contributed by atoms with Gasteiger partial charge in [0.15, 0.2) is 0 Å². The molecule has 1 saturated carbocycles. The smallest absolute Gasteiger partial charge is 0.122 e. The lowest BCUT2D eigenvalue weighted by atomic mass is 9.99. The quantitative estimate of drug-likeness (QED) is 0.842. The van der Waals surface area contributed by atoms with Gasteiger partial charge < -0.3 is 14.6 Å². The SMILES string of the molecule is COc1ccc(C)cc1CC(O)C(OC)C1CC1. The van der Waals surface area contributed by atoms with Crippen LogP contribution in [0.4, 0.5) is 0 Å². The molecule has 1 N–H and O–H groups in total. The zero-order chi connectivity index (χ0) is 13.1. The molecular weight excluding hydrogens is 228 g/mol. The highest BCUT2D eigenvalue weighted by atomic mass is 16.5. The molecule has 0 amide bonds. The molecule has 0 spiro atoms. The maximum atomic E-state index is 10.3. The van der Waals surface area contributed by atoms with Crippen molar-refractivity contribution in [2.24, 2.45) is 5.92 Å². The first-order valence-electron chi connectivity index (χ1n) is 6.50. The average molecular weight is 250 g/mol. The van der Waals surface area contributed by atoms with E-state index in [1.165, 1.54) is 18.4 Å². The summed E-state index contributed by atoms with van der Waals surface area (Å²) in [5.74, 6) is 1.37. The number of benzene rings is 1. The molecule has 0 heterocycles. The molecule has 1 aliphatic rings. The standard InChI is InChI=1S/C15H22O3/c1-10-4-7-14(17-2)12(8-10)9-13(16)15(18-3)11-5-6-11/h4,7-8,11,13,15-16H,5-6,9H2,1-3H3. The van der Waals surface area contributed by atoms with Crippen LogP contribution in [0.2, 0.25) is 0 Å². The summed E-state index contributed by atoms with van der Waals surface area (Å²) in [5.41, 5.74) is 2.23. The van der Waals surface area contributed by atoms with E-state index in [1.807, 2.05) is 19.1 Å². The Kier molecular flexibility index (Phi) is 4.25. The van der Waals surface area contributed by atoms with Crippen LogP contribution >= 0.6 is 0 Å². The maximum Gasteiger partial charge on any atom is 0.122 e. The summed E-state index contributed by atoms with van der Waals surface area (Å²) in [6.45, 7) is 2.05. The molecule has 3 nitrogen and oxygen atoms in total. The van der Waals surface area contributed by atoms with Gasteiger partial charge in [0.25, 0.3) is 0 Å². The molecule has 18 heavy (non-hydrogen) atoms. The zero-order valence-corrected chi connectivity index (χ0v) is 11.3. The van der Waals surface area contributed by atoms with Crippen LogP contribution in [-0.4, -0.2) is 31.5 Å². The Hall–Kier alpha value is -1.06. The van der Waals surface area contributed by atoms with Crippen LogP contribution in [0, 0.1) is 12.8 Å². The van der Waals surface area contributed by atoms with Gasteiger partial charge in [0, 0.05) is 13.5 Å². The lowest BCUT2D eigenvalue weighted by Crippen LogP contribution is -2.32. The van der Waals surface area contributed by atoms with Gasteiger partial charge in [0.05, 0.1) is 19.3 Å². The summed E-state index contributed by atoms with van der Waals surface area (Å²) >= 11 is 0. The summed E-state index contributed by atoms with van der Waals surface area (Å²) < 4.78 is 10.8. The molecule has 0 radical (unpaired) electrons. The Balaban J connectivity index is 2.09. The summed E-state index contributed by atoms with van der Waals surface area (Å²) in [6, 6.07) is 6.04. The summed E-state index contributed by atoms with van der Waals surface area (Å²) in [7, 11) is 3.34. The number of hydrogen-bond donors (Lipinski definition) is 1. The molecule has 100 valence electrons. The Morgan fingerprint density at radius 1 is 1.33 bits per heavy atom. The summed E-state index contributed by atoms with van der Waals surface area (Å²) in [5, 5.41) is 10.3. The Morgan fingerprint density at radius 3 is 2.61 bits per heavy atom. The first-order chi connectivity index (χ1) is 8.65. The second kappa shape index (κ2) is 5.72. The number of rotatable bonds is 6. The zero-order valence-electron chi connectivity index (χ0n) is 11.3. The van der Waals surface area contributed by atoms with Crippen LogP contribution in [-0.2, 0) is 11.2 Å². The van der Waals surface area contributed by atoms with Crippen molar-refractivity contribution in [1.29, 1.82) is 0 Å². The second-order valence-corrected chi connectivity index (χ2v) is 5.12. The lowest BCUT2D eigenvalue weighted by molar-refractivity contribution is -0.0239. The van der Waals surface area contributed by atoms with Crippen molar-refractivity contribution in [3.63, 3.8) is 0 Å². The molecule has 1 aliphatic carbocycles. The third-order valence-electron chi connectivity index (χ3n) is 3.60. The van der Waals surface area contributed by atoms with Gasteiger partial charge in [-0.25, -0.2) is 0 Å². The molecule has 2 atom stereocenters. The van der Waals surface area contributed by atoms with E-state index in [0.717, 1.165) is 11.3 Å². The topological polar surface area (TPSA) is 38.7 Å². The largest absolute Gasteiger partial charge is 0.496 e. The highest BCUT2D eigenvalue weighted by Crippen LogP contribution is 2.36. The first-order valence-corrected chi connectivity index (χ1v) is 6.50. The predicted molar refractivity (Wildman–Crippen MR) is 71.0 cm³/mol. The van der Waals surface area contributed by atoms with Crippen molar-refractivity contribution in [2.45, 2.75) is 38.4 Å². The van der Waals surface area contributed by atoms with Gasteiger partial charge >= 0.3 is 0 Å². The number of aliphatic hydroxyl groups excluding tert-OH is 1. The molecule has 0 saturated heterocycles. The molecule has 0 aliphatic heterocycles. The Bertz CT molecular complexity index is 399.